The minimum absolute atomic E-state index is 0. The molecular formula is C14H22FeP4. The van der Waals surface area contributed by atoms with E-state index in [9.17, 15) is 0 Å². The second kappa shape index (κ2) is 12.8. The average Bonchev–Trinajstić information content (AvgIpc) is 3.06. The third kappa shape index (κ3) is 7.36. The Bertz CT molecular complexity index is 174. The van der Waals surface area contributed by atoms with Gasteiger partial charge in [0, 0.05) is 51.5 Å². The summed E-state index contributed by atoms with van der Waals surface area (Å²) in [6.45, 7) is 8.97. The first-order valence-corrected chi connectivity index (χ1v) is 10.5. The molecule has 0 N–H and O–H groups in total. The van der Waals surface area contributed by atoms with Crippen molar-refractivity contribution >= 4 is 34.3 Å². The molecule has 106 valence electrons. The predicted octanol–water partition coefficient (Wildman–Crippen LogP) is 7.79. The van der Waals surface area contributed by atoms with Crippen molar-refractivity contribution in [3.05, 3.63) is 34.4 Å². The van der Waals surface area contributed by atoms with Gasteiger partial charge in [0.25, 0.3) is 0 Å². The van der Waals surface area contributed by atoms with Gasteiger partial charge in [-0.3, -0.25) is 0 Å². The van der Waals surface area contributed by atoms with Crippen LogP contribution in [0.1, 0.15) is 53.4 Å². The van der Waals surface area contributed by atoms with Gasteiger partial charge >= 0.3 is 0 Å². The first-order valence-electron chi connectivity index (χ1n) is 6.67. The van der Waals surface area contributed by atoms with E-state index >= 15 is 0 Å². The molecule has 2 saturated heterocycles. The average molecular weight is 370 g/mol. The van der Waals surface area contributed by atoms with E-state index < -0.39 is 0 Å². The Kier molecular flexibility index (Phi) is 14.3. The summed E-state index contributed by atoms with van der Waals surface area (Å²) in [6, 6.07) is 0. The van der Waals surface area contributed by atoms with Crippen molar-refractivity contribution < 1.29 is 17.1 Å². The minimum atomic E-state index is 0. The summed E-state index contributed by atoms with van der Waals surface area (Å²) in [5, 5.41) is 0. The molecule has 0 aliphatic carbocycles. The van der Waals surface area contributed by atoms with Crippen LogP contribution in [0, 0.1) is 34.4 Å². The zero-order valence-electron chi connectivity index (χ0n) is 12.1. The SMILES string of the molecule is CC[C]1[P][CH][P][C]1CC.CC[C]1[P][CH][P][C]1CC.[Fe]. The van der Waals surface area contributed by atoms with E-state index in [4.69, 9.17) is 0 Å². The van der Waals surface area contributed by atoms with Crippen LogP contribution >= 0.6 is 34.3 Å². The summed E-state index contributed by atoms with van der Waals surface area (Å²) >= 11 is 0. The summed E-state index contributed by atoms with van der Waals surface area (Å²) in [5.41, 5.74) is 6.61. The minimum Gasteiger partial charge on any atom is -0.0644 e. The fraction of sp³-hybridized carbons (Fsp3) is 0.571. The van der Waals surface area contributed by atoms with Crippen LogP contribution in [-0.4, -0.2) is 0 Å². The summed E-state index contributed by atoms with van der Waals surface area (Å²) in [7, 11) is 5.89. The molecule has 2 aliphatic rings. The summed E-state index contributed by atoms with van der Waals surface area (Å²) < 4.78 is 0. The van der Waals surface area contributed by atoms with Crippen LogP contribution in [0.25, 0.3) is 0 Å². The Morgan fingerprint density at radius 3 is 0.947 bits per heavy atom. The first kappa shape index (κ1) is 21.2. The Morgan fingerprint density at radius 2 is 0.789 bits per heavy atom. The van der Waals surface area contributed by atoms with Gasteiger partial charge in [-0.1, -0.05) is 62.0 Å². The molecule has 0 aromatic carbocycles. The molecule has 0 bridgehead atoms. The molecular weight excluding hydrogens is 348 g/mol. The number of hydrogen-bond donors (Lipinski definition) is 0. The smallest absolute Gasteiger partial charge is 0.0197 e. The Hall–Kier alpha value is 2.24. The van der Waals surface area contributed by atoms with Crippen molar-refractivity contribution in [2.24, 2.45) is 0 Å². The predicted molar refractivity (Wildman–Crippen MR) is 90.4 cm³/mol. The van der Waals surface area contributed by atoms with E-state index in [0.29, 0.717) is 0 Å². The van der Waals surface area contributed by atoms with Crippen LogP contribution in [0.3, 0.4) is 0 Å². The fourth-order valence-corrected chi connectivity index (χ4v) is 7.16. The van der Waals surface area contributed by atoms with Gasteiger partial charge in [0.1, 0.15) is 0 Å². The summed E-state index contributed by atoms with van der Waals surface area (Å²) in [5.74, 6) is 4.66. The Labute approximate surface area is 139 Å². The van der Waals surface area contributed by atoms with Crippen molar-refractivity contribution in [2.45, 2.75) is 53.4 Å². The summed E-state index contributed by atoms with van der Waals surface area (Å²) in [6.07, 6.45) is 4.98. The fourth-order valence-electron chi connectivity index (χ4n) is 1.82. The molecule has 2 fully saturated rings. The maximum atomic E-state index is 2.33. The van der Waals surface area contributed by atoms with Gasteiger partial charge in [-0.15, -0.1) is 0 Å². The largest absolute Gasteiger partial charge is 0.0644 e. The molecule has 0 amide bonds. The first-order chi connectivity index (χ1) is 8.76. The zero-order valence-corrected chi connectivity index (χ0v) is 16.8. The quantitative estimate of drug-likeness (QED) is 0.350. The molecule has 0 saturated carbocycles. The van der Waals surface area contributed by atoms with Crippen LogP contribution in [0.5, 0.6) is 0 Å². The topological polar surface area (TPSA) is 0 Å². The standard InChI is InChI=1S/2C7H11P2.Fe/c2*1-3-6-7(4-2)9-5-8-6;/h2*5H,3-4H2,1-2H3;. The van der Waals surface area contributed by atoms with E-state index in [1.54, 1.807) is 22.6 Å². The third-order valence-electron chi connectivity index (χ3n) is 2.86. The molecule has 19 heavy (non-hydrogen) atoms. The molecule has 0 atom stereocenters. The van der Waals surface area contributed by atoms with Crippen molar-refractivity contribution in [2.75, 3.05) is 0 Å². The molecule has 0 spiro atoms. The molecule has 2 rings (SSSR count). The summed E-state index contributed by atoms with van der Waals surface area (Å²) in [4.78, 5) is 0. The van der Waals surface area contributed by atoms with E-state index in [-0.39, 0.29) is 17.1 Å². The second-order valence-electron chi connectivity index (χ2n) is 3.95. The zero-order chi connectivity index (χ0) is 13.4. The van der Waals surface area contributed by atoms with Gasteiger partial charge in [0.05, 0.1) is 0 Å². The third-order valence-corrected chi connectivity index (χ3v) is 8.65. The van der Waals surface area contributed by atoms with Gasteiger partial charge in [0.15, 0.2) is 0 Å². The second-order valence-corrected chi connectivity index (χ2v) is 8.99. The molecule has 10 radical (unpaired) electrons. The van der Waals surface area contributed by atoms with Gasteiger partial charge in [0.2, 0.25) is 0 Å². The number of rotatable bonds is 4. The number of hydrogen-bond acceptors (Lipinski definition) is 0. The van der Waals surface area contributed by atoms with Gasteiger partial charge in [-0.05, 0) is 25.7 Å². The van der Waals surface area contributed by atoms with Crippen LogP contribution in [0.4, 0.5) is 0 Å². The molecule has 0 unspecified atom stereocenters. The molecule has 2 heterocycles. The van der Waals surface area contributed by atoms with Crippen molar-refractivity contribution in [3.8, 4) is 0 Å². The van der Waals surface area contributed by atoms with Crippen molar-refractivity contribution in [1.29, 1.82) is 0 Å². The maximum Gasteiger partial charge on any atom is 0.0197 e. The van der Waals surface area contributed by atoms with Crippen LogP contribution in [0.15, 0.2) is 0 Å². The van der Waals surface area contributed by atoms with Gasteiger partial charge in [-0.25, -0.2) is 0 Å². The van der Waals surface area contributed by atoms with E-state index in [1.807, 2.05) is 0 Å². The Balaban J connectivity index is 0.000000324. The van der Waals surface area contributed by atoms with Crippen molar-refractivity contribution in [1.82, 2.24) is 0 Å². The Morgan fingerprint density at radius 1 is 0.579 bits per heavy atom. The molecule has 5 heteroatoms. The van der Waals surface area contributed by atoms with Gasteiger partial charge in [-0.2, -0.15) is 0 Å². The van der Waals surface area contributed by atoms with Crippen LogP contribution in [0.2, 0.25) is 0 Å². The van der Waals surface area contributed by atoms with E-state index in [0.717, 1.165) is 0 Å². The van der Waals surface area contributed by atoms with Gasteiger partial charge < -0.3 is 0 Å². The molecule has 0 nitrogen and oxygen atoms in total. The molecule has 0 aromatic heterocycles. The maximum absolute atomic E-state index is 2.33. The molecule has 2 aliphatic heterocycles. The van der Waals surface area contributed by atoms with E-state index in [1.165, 1.54) is 60.0 Å². The van der Waals surface area contributed by atoms with Crippen LogP contribution < -0.4 is 0 Å². The van der Waals surface area contributed by atoms with Crippen LogP contribution in [-0.2, 0) is 17.1 Å². The molecule has 0 aromatic rings. The van der Waals surface area contributed by atoms with Crippen molar-refractivity contribution in [3.63, 3.8) is 0 Å². The monoisotopic (exact) mass is 370 g/mol. The normalized spacial score (nSPS) is 27.2. The van der Waals surface area contributed by atoms with E-state index in [2.05, 4.69) is 39.5 Å².